The first kappa shape index (κ1) is 17.3. The van der Waals surface area contributed by atoms with Crippen LogP contribution in [0.2, 0.25) is 0 Å². The number of aromatic nitrogens is 3. The van der Waals surface area contributed by atoms with E-state index in [2.05, 4.69) is 20.7 Å². The number of hydrogen-bond acceptors (Lipinski definition) is 5. The van der Waals surface area contributed by atoms with E-state index in [9.17, 15) is 9.18 Å². The second-order valence-corrected chi connectivity index (χ2v) is 5.56. The Morgan fingerprint density at radius 3 is 2.58 bits per heavy atom. The van der Waals surface area contributed by atoms with E-state index in [1.807, 2.05) is 30.3 Å². The first-order chi connectivity index (χ1) is 12.7. The van der Waals surface area contributed by atoms with Crippen LogP contribution in [0.3, 0.4) is 0 Å². The molecular weight excluding hydrogens is 333 g/mol. The van der Waals surface area contributed by atoms with Crippen LogP contribution < -0.4 is 10.6 Å². The smallest absolute Gasteiger partial charge is 0.225 e. The lowest BCUT2D eigenvalue weighted by Gasteiger charge is -2.11. The van der Waals surface area contributed by atoms with Crippen LogP contribution in [0.5, 0.6) is 0 Å². The summed E-state index contributed by atoms with van der Waals surface area (Å²) in [6.45, 7) is 0.418. The summed E-state index contributed by atoms with van der Waals surface area (Å²) in [5, 5.41) is 10.7. The van der Waals surface area contributed by atoms with Gasteiger partial charge in [0.2, 0.25) is 5.95 Å². The second kappa shape index (κ2) is 8.06. The van der Waals surface area contributed by atoms with E-state index >= 15 is 0 Å². The Hall–Kier alpha value is -3.48. The number of anilines is 2. The van der Waals surface area contributed by atoms with Crippen LogP contribution in [0, 0.1) is 5.82 Å². The number of aryl methyl sites for hydroxylation is 1. The van der Waals surface area contributed by atoms with Crippen molar-refractivity contribution < 1.29 is 9.18 Å². The van der Waals surface area contributed by atoms with Gasteiger partial charge in [-0.25, -0.2) is 9.07 Å². The number of nitrogens with zero attached hydrogens (tertiary/aromatic N) is 3. The van der Waals surface area contributed by atoms with Crippen molar-refractivity contribution in [3.8, 4) is 11.4 Å². The maximum Gasteiger partial charge on any atom is 0.225 e. The number of hydrogen-bond donors (Lipinski definition) is 2. The molecule has 0 unspecified atom stereocenters. The number of halogens is 1. The molecule has 0 bridgehead atoms. The molecule has 132 valence electrons. The van der Waals surface area contributed by atoms with Gasteiger partial charge < -0.3 is 10.6 Å². The van der Waals surface area contributed by atoms with Gasteiger partial charge >= 0.3 is 0 Å². The van der Waals surface area contributed by atoms with Gasteiger partial charge in [-0.2, -0.15) is 4.98 Å². The molecular formula is C19H18FN5O. The third-order valence-corrected chi connectivity index (χ3v) is 3.66. The van der Waals surface area contributed by atoms with Crippen LogP contribution in [0.15, 0.2) is 66.4 Å². The maximum atomic E-state index is 13.1. The number of carbonyl (C=O) groups is 1. The minimum absolute atomic E-state index is 0.314. The number of benzene rings is 2. The highest BCUT2D eigenvalue weighted by Gasteiger charge is 2.10. The first-order valence-corrected chi connectivity index (χ1v) is 8.03. The Bertz CT molecular complexity index is 903. The van der Waals surface area contributed by atoms with E-state index in [1.165, 1.54) is 18.2 Å². The van der Waals surface area contributed by atoms with Crippen molar-refractivity contribution in [2.24, 2.45) is 7.05 Å². The zero-order valence-electron chi connectivity index (χ0n) is 14.2. The Morgan fingerprint density at radius 1 is 1.15 bits per heavy atom. The zero-order chi connectivity index (χ0) is 18.4. The number of aldehydes is 1. The van der Waals surface area contributed by atoms with Gasteiger partial charge in [-0.3, -0.25) is 4.79 Å². The minimum atomic E-state index is -0.314. The molecule has 6 nitrogen and oxygen atoms in total. The molecule has 26 heavy (non-hydrogen) atoms. The Kier molecular flexibility index (Phi) is 5.38. The monoisotopic (exact) mass is 351 g/mol. The third kappa shape index (κ3) is 4.32. The molecule has 2 aromatic carbocycles. The summed E-state index contributed by atoms with van der Waals surface area (Å²) in [7, 11) is 1.74. The molecule has 2 N–H and O–H groups in total. The van der Waals surface area contributed by atoms with Gasteiger partial charge in [0.15, 0.2) is 5.82 Å². The quantitative estimate of drug-likeness (QED) is 0.505. The van der Waals surface area contributed by atoms with Crippen molar-refractivity contribution >= 4 is 17.9 Å². The molecule has 1 heterocycles. The van der Waals surface area contributed by atoms with Gasteiger partial charge in [0, 0.05) is 24.0 Å². The Labute approximate surface area is 150 Å². The summed E-state index contributed by atoms with van der Waals surface area (Å²) >= 11 is 0. The molecule has 0 spiro atoms. The van der Waals surface area contributed by atoms with Gasteiger partial charge in [-0.05, 0) is 42.5 Å². The molecule has 3 aromatic rings. The van der Waals surface area contributed by atoms with Crippen molar-refractivity contribution in [1.29, 1.82) is 0 Å². The number of nitrogens with one attached hydrogen (secondary N) is 2. The van der Waals surface area contributed by atoms with Crippen LogP contribution in [0.25, 0.3) is 11.4 Å². The fourth-order valence-corrected chi connectivity index (χ4v) is 2.34. The van der Waals surface area contributed by atoms with Crippen molar-refractivity contribution in [2.45, 2.75) is 0 Å². The van der Waals surface area contributed by atoms with Gasteiger partial charge in [-0.1, -0.05) is 18.2 Å². The van der Waals surface area contributed by atoms with Crippen LogP contribution >= 0.6 is 0 Å². The normalized spacial score (nSPS) is 11.2. The minimum Gasteiger partial charge on any atom is -0.379 e. The van der Waals surface area contributed by atoms with Gasteiger partial charge in [0.25, 0.3) is 0 Å². The summed E-state index contributed by atoms with van der Waals surface area (Å²) < 4.78 is 14.6. The number of para-hydroxylation sites is 1. The van der Waals surface area contributed by atoms with Crippen molar-refractivity contribution in [3.05, 3.63) is 72.2 Å². The molecule has 7 heteroatoms. The SMILES string of the molecule is Cn1nc(-c2ccc(F)cc2)nc1N/C(=C\C=O)CNc1ccccc1. The average Bonchev–Trinajstić information content (AvgIpc) is 3.02. The predicted molar refractivity (Wildman–Crippen MR) is 99.1 cm³/mol. The van der Waals surface area contributed by atoms with E-state index in [0.29, 0.717) is 35.9 Å². The van der Waals surface area contributed by atoms with Crippen LogP contribution in [-0.4, -0.2) is 27.6 Å². The fraction of sp³-hybridized carbons (Fsp3) is 0.105. The molecule has 1 aromatic heterocycles. The van der Waals surface area contributed by atoms with E-state index < -0.39 is 0 Å². The van der Waals surface area contributed by atoms with Crippen molar-refractivity contribution in [3.63, 3.8) is 0 Å². The molecule has 0 saturated carbocycles. The summed E-state index contributed by atoms with van der Waals surface area (Å²) in [4.78, 5) is 15.4. The molecule has 0 fully saturated rings. The topological polar surface area (TPSA) is 71.8 Å². The number of carbonyl (C=O) groups excluding carboxylic acids is 1. The van der Waals surface area contributed by atoms with E-state index in [4.69, 9.17) is 0 Å². The largest absolute Gasteiger partial charge is 0.379 e. The summed E-state index contributed by atoms with van der Waals surface area (Å²) in [5.74, 6) is 0.634. The van der Waals surface area contributed by atoms with Gasteiger partial charge in [0.1, 0.15) is 12.1 Å². The number of allylic oxidation sites excluding steroid dienone is 1. The van der Waals surface area contributed by atoms with Crippen molar-refractivity contribution in [2.75, 3.05) is 17.2 Å². The lowest BCUT2D eigenvalue weighted by Crippen LogP contribution is -2.14. The van der Waals surface area contributed by atoms with Gasteiger partial charge in [-0.15, -0.1) is 5.10 Å². The molecule has 3 rings (SSSR count). The highest BCUT2D eigenvalue weighted by atomic mass is 19.1. The molecule has 0 saturated heterocycles. The molecule has 0 aliphatic rings. The highest BCUT2D eigenvalue weighted by Crippen LogP contribution is 2.18. The fourth-order valence-electron chi connectivity index (χ4n) is 2.34. The Morgan fingerprint density at radius 2 is 1.88 bits per heavy atom. The average molecular weight is 351 g/mol. The summed E-state index contributed by atoms with van der Waals surface area (Å²) in [6.07, 6.45) is 2.15. The summed E-state index contributed by atoms with van der Waals surface area (Å²) in [6, 6.07) is 15.6. The van der Waals surface area contributed by atoms with Crippen LogP contribution in [0.4, 0.5) is 16.0 Å². The zero-order valence-corrected chi connectivity index (χ0v) is 14.2. The Balaban J connectivity index is 1.74. The third-order valence-electron chi connectivity index (χ3n) is 3.66. The maximum absolute atomic E-state index is 13.1. The summed E-state index contributed by atoms with van der Waals surface area (Å²) in [5.41, 5.74) is 2.29. The molecule has 0 aliphatic carbocycles. The van der Waals surface area contributed by atoms with Crippen molar-refractivity contribution in [1.82, 2.24) is 14.8 Å². The van der Waals surface area contributed by atoms with Crippen LogP contribution in [-0.2, 0) is 11.8 Å². The van der Waals surface area contributed by atoms with Crippen LogP contribution in [0.1, 0.15) is 0 Å². The first-order valence-electron chi connectivity index (χ1n) is 8.03. The lowest BCUT2D eigenvalue weighted by atomic mass is 10.2. The highest BCUT2D eigenvalue weighted by molar-refractivity contribution is 5.68. The number of rotatable bonds is 7. The molecule has 0 radical (unpaired) electrons. The molecule has 0 atom stereocenters. The van der Waals surface area contributed by atoms with Gasteiger partial charge in [0.05, 0.1) is 6.54 Å². The molecule has 0 aliphatic heterocycles. The standard InChI is InChI=1S/C19H18FN5O/c1-25-19(23-18(24-25)14-7-9-15(20)10-8-14)22-17(11-12-26)13-21-16-5-3-2-4-6-16/h2-12,21H,13H2,1H3,(H,22,23,24)/b17-11-. The van der Waals surface area contributed by atoms with E-state index in [1.54, 1.807) is 23.9 Å². The second-order valence-electron chi connectivity index (χ2n) is 5.56. The van der Waals surface area contributed by atoms with E-state index in [0.717, 1.165) is 5.69 Å². The molecule has 0 amide bonds. The lowest BCUT2D eigenvalue weighted by molar-refractivity contribution is -0.104. The van der Waals surface area contributed by atoms with E-state index in [-0.39, 0.29) is 5.82 Å². The predicted octanol–water partition coefficient (Wildman–Crippen LogP) is 3.23.